The molecule has 0 radical (unpaired) electrons. The lowest BCUT2D eigenvalue weighted by molar-refractivity contribution is 0.562. The van der Waals surface area contributed by atoms with Crippen molar-refractivity contribution in [3.8, 4) is 0 Å². The van der Waals surface area contributed by atoms with E-state index in [4.69, 9.17) is 0 Å². The van der Waals surface area contributed by atoms with E-state index in [0.717, 1.165) is 31.2 Å². The predicted octanol–water partition coefficient (Wildman–Crippen LogP) is 1.03. The highest BCUT2D eigenvalue weighted by molar-refractivity contribution is 7.92. The maximum Gasteiger partial charge on any atom is 0.240 e. The van der Waals surface area contributed by atoms with Gasteiger partial charge in [0.15, 0.2) is 9.84 Å². The fourth-order valence-corrected chi connectivity index (χ4v) is 6.15. The molecule has 0 saturated carbocycles. The number of benzene rings is 1. The first-order chi connectivity index (χ1) is 9.86. The van der Waals surface area contributed by atoms with Gasteiger partial charge in [0.05, 0.1) is 16.4 Å². The summed E-state index contributed by atoms with van der Waals surface area (Å²) >= 11 is 0. The van der Waals surface area contributed by atoms with Crippen LogP contribution in [0.25, 0.3) is 0 Å². The third-order valence-corrected chi connectivity index (χ3v) is 7.47. The molecule has 0 bridgehead atoms. The predicted molar refractivity (Wildman–Crippen MR) is 80.5 cm³/mol. The Bertz CT molecular complexity index is 753. The molecular weight excluding hydrogens is 310 g/mol. The van der Waals surface area contributed by atoms with Gasteiger partial charge in [0, 0.05) is 6.04 Å². The van der Waals surface area contributed by atoms with Gasteiger partial charge in [0.1, 0.15) is 0 Å². The molecule has 2 aliphatic rings. The lowest BCUT2D eigenvalue weighted by Gasteiger charge is -2.17. The summed E-state index contributed by atoms with van der Waals surface area (Å²) in [6.07, 6.45) is 4.51. The summed E-state index contributed by atoms with van der Waals surface area (Å²) in [5, 5.41) is 0. The van der Waals surface area contributed by atoms with Crippen LogP contribution in [0.15, 0.2) is 23.1 Å². The van der Waals surface area contributed by atoms with Gasteiger partial charge in [-0.1, -0.05) is 6.07 Å². The van der Waals surface area contributed by atoms with Gasteiger partial charge in [0.2, 0.25) is 10.0 Å². The number of aryl methyl sites for hydroxylation is 2. The first kappa shape index (κ1) is 15.0. The van der Waals surface area contributed by atoms with Crippen molar-refractivity contribution in [1.82, 2.24) is 4.72 Å². The highest BCUT2D eigenvalue weighted by Crippen LogP contribution is 2.24. The highest BCUT2D eigenvalue weighted by Gasteiger charge is 2.31. The van der Waals surface area contributed by atoms with Gasteiger partial charge in [-0.3, -0.25) is 0 Å². The third kappa shape index (κ3) is 3.30. The minimum Gasteiger partial charge on any atom is -0.229 e. The van der Waals surface area contributed by atoms with Crippen molar-refractivity contribution in [2.75, 3.05) is 11.5 Å². The molecule has 0 aromatic heterocycles. The van der Waals surface area contributed by atoms with Gasteiger partial charge in [0.25, 0.3) is 0 Å². The van der Waals surface area contributed by atoms with Crippen molar-refractivity contribution < 1.29 is 16.8 Å². The average molecular weight is 329 g/mol. The highest BCUT2D eigenvalue weighted by atomic mass is 32.2. The van der Waals surface area contributed by atoms with Crippen LogP contribution in [0.1, 0.15) is 30.4 Å². The van der Waals surface area contributed by atoms with Crippen molar-refractivity contribution in [3.63, 3.8) is 0 Å². The number of fused-ring (bicyclic) bond motifs is 1. The smallest absolute Gasteiger partial charge is 0.229 e. The minimum atomic E-state index is -3.64. The summed E-state index contributed by atoms with van der Waals surface area (Å²) in [4.78, 5) is 0.243. The zero-order valence-electron chi connectivity index (χ0n) is 11.7. The van der Waals surface area contributed by atoms with Gasteiger partial charge in [-0.25, -0.2) is 21.6 Å². The first-order valence-electron chi connectivity index (χ1n) is 7.20. The van der Waals surface area contributed by atoms with Crippen LogP contribution in [0, 0.1) is 0 Å². The Hall–Kier alpha value is -0.920. The molecule has 0 amide bonds. The Kier molecular flexibility index (Phi) is 3.83. The van der Waals surface area contributed by atoms with Gasteiger partial charge >= 0.3 is 0 Å². The minimum absolute atomic E-state index is 0.0599. The van der Waals surface area contributed by atoms with Crippen molar-refractivity contribution in [2.45, 2.75) is 43.0 Å². The van der Waals surface area contributed by atoms with E-state index in [1.165, 1.54) is 5.56 Å². The van der Waals surface area contributed by atoms with Crippen LogP contribution >= 0.6 is 0 Å². The number of sulfonamides is 1. The lowest BCUT2D eigenvalue weighted by Crippen LogP contribution is -2.35. The molecule has 1 aromatic carbocycles. The Morgan fingerprint density at radius 1 is 1.10 bits per heavy atom. The average Bonchev–Trinajstić information content (AvgIpc) is 2.76. The van der Waals surface area contributed by atoms with Crippen molar-refractivity contribution in [3.05, 3.63) is 29.3 Å². The van der Waals surface area contributed by atoms with Gasteiger partial charge < -0.3 is 0 Å². The van der Waals surface area contributed by atoms with E-state index >= 15 is 0 Å². The fourth-order valence-electron chi connectivity index (χ4n) is 3.05. The molecule has 1 N–H and O–H groups in total. The van der Waals surface area contributed by atoms with Crippen LogP contribution in [0.2, 0.25) is 0 Å². The number of nitrogens with one attached hydrogen (secondary N) is 1. The number of hydrogen-bond acceptors (Lipinski definition) is 4. The molecule has 3 rings (SSSR count). The van der Waals surface area contributed by atoms with E-state index in [2.05, 4.69) is 4.72 Å². The molecule has 1 aromatic rings. The largest absolute Gasteiger partial charge is 0.240 e. The second-order valence-corrected chi connectivity index (χ2v) is 9.80. The summed E-state index contributed by atoms with van der Waals surface area (Å²) in [5.74, 6) is -0.0401. The third-order valence-electron chi connectivity index (χ3n) is 4.18. The van der Waals surface area contributed by atoms with Crippen molar-refractivity contribution in [2.24, 2.45) is 0 Å². The van der Waals surface area contributed by atoms with Crippen LogP contribution < -0.4 is 4.72 Å². The van der Waals surface area contributed by atoms with E-state index < -0.39 is 25.9 Å². The molecule has 5 nitrogen and oxygen atoms in total. The molecule has 1 fully saturated rings. The zero-order valence-corrected chi connectivity index (χ0v) is 13.3. The summed E-state index contributed by atoms with van der Waals surface area (Å²) < 4.78 is 50.1. The molecule has 0 spiro atoms. The number of rotatable bonds is 3. The van der Waals surface area contributed by atoms with E-state index in [-0.39, 0.29) is 16.4 Å². The number of sulfone groups is 1. The van der Waals surface area contributed by atoms with Crippen LogP contribution in [-0.4, -0.2) is 34.4 Å². The topological polar surface area (TPSA) is 80.3 Å². The van der Waals surface area contributed by atoms with Gasteiger partial charge in [-0.15, -0.1) is 0 Å². The molecule has 1 atom stereocenters. The van der Waals surface area contributed by atoms with Crippen molar-refractivity contribution >= 4 is 19.9 Å². The second kappa shape index (κ2) is 5.37. The first-order valence-corrected chi connectivity index (χ1v) is 10.5. The summed E-state index contributed by atoms with van der Waals surface area (Å²) in [5.41, 5.74) is 2.33. The lowest BCUT2D eigenvalue weighted by atomic mass is 9.92. The standard InChI is InChI=1S/C14H19NO4S2/c16-20(17)8-7-13(10-20)15-21(18,19)14-6-5-11-3-1-2-4-12(11)9-14/h5-6,9,13,15H,1-4,7-8,10H2/t13-/m1/s1. The summed E-state index contributed by atoms with van der Waals surface area (Å²) in [6.45, 7) is 0. The maximum atomic E-state index is 12.4. The van der Waals surface area contributed by atoms with E-state index in [1.807, 2.05) is 6.07 Å². The molecule has 1 saturated heterocycles. The maximum absolute atomic E-state index is 12.4. The van der Waals surface area contributed by atoms with Crippen LogP contribution in [0.5, 0.6) is 0 Å². The van der Waals surface area contributed by atoms with E-state index in [9.17, 15) is 16.8 Å². The Balaban J connectivity index is 1.82. The Morgan fingerprint density at radius 2 is 1.81 bits per heavy atom. The van der Waals surface area contributed by atoms with Crippen molar-refractivity contribution in [1.29, 1.82) is 0 Å². The molecule has 7 heteroatoms. The molecule has 21 heavy (non-hydrogen) atoms. The zero-order chi connectivity index (χ0) is 15.1. The van der Waals surface area contributed by atoms with Gasteiger partial charge in [-0.05, 0) is 55.4 Å². The van der Waals surface area contributed by atoms with Crippen LogP contribution in [0.4, 0.5) is 0 Å². The second-order valence-electron chi connectivity index (χ2n) is 5.86. The van der Waals surface area contributed by atoms with E-state index in [1.54, 1.807) is 12.1 Å². The summed E-state index contributed by atoms with van der Waals surface area (Å²) in [7, 11) is -6.73. The number of hydrogen-bond donors (Lipinski definition) is 1. The quantitative estimate of drug-likeness (QED) is 0.898. The monoisotopic (exact) mass is 329 g/mol. The summed E-state index contributed by atoms with van der Waals surface area (Å²) in [6, 6.07) is 4.74. The molecule has 1 aliphatic heterocycles. The molecule has 1 heterocycles. The Morgan fingerprint density at radius 3 is 2.48 bits per heavy atom. The van der Waals surface area contributed by atoms with Crippen LogP contribution in [-0.2, 0) is 32.7 Å². The molecule has 1 aliphatic carbocycles. The molecular formula is C14H19NO4S2. The Labute approximate surface area is 125 Å². The molecule has 0 unspecified atom stereocenters. The fraction of sp³-hybridized carbons (Fsp3) is 0.571. The SMILES string of the molecule is O=S1(=O)CC[C@@H](NS(=O)(=O)c2ccc3c(c2)CCCC3)C1. The van der Waals surface area contributed by atoms with Gasteiger partial charge in [-0.2, -0.15) is 0 Å². The molecule has 116 valence electrons. The van der Waals surface area contributed by atoms with Crippen LogP contribution in [0.3, 0.4) is 0 Å². The van der Waals surface area contributed by atoms with E-state index in [0.29, 0.717) is 6.42 Å². The normalized spacial score (nSPS) is 24.7.